The summed E-state index contributed by atoms with van der Waals surface area (Å²) in [7, 11) is 0. The summed E-state index contributed by atoms with van der Waals surface area (Å²) >= 11 is 7.53. The van der Waals surface area contributed by atoms with Gasteiger partial charge in [-0.3, -0.25) is 9.36 Å². The van der Waals surface area contributed by atoms with Crippen LogP contribution in [-0.4, -0.2) is 39.6 Å². The van der Waals surface area contributed by atoms with Gasteiger partial charge in [-0.15, -0.1) is 10.2 Å². The van der Waals surface area contributed by atoms with Crippen LogP contribution in [0.4, 0.5) is 0 Å². The zero-order chi connectivity index (χ0) is 20.2. The average Bonchev–Trinajstić information content (AvgIpc) is 3.21. The van der Waals surface area contributed by atoms with E-state index in [2.05, 4.69) is 15.5 Å². The van der Waals surface area contributed by atoms with Crippen LogP contribution in [0.25, 0.3) is 5.69 Å². The van der Waals surface area contributed by atoms with E-state index in [0.29, 0.717) is 41.4 Å². The van der Waals surface area contributed by atoms with Crippen molar-refractivity contribution in [2.24, 2.45) is 0 Å². The molecule has 7 nitrogen and oxygen atoms in total. The Bertz CT molecular complexity index is 1040. The first-order valence-electron chi connectivity index (χ1n) is 9.05. The number of hydrogen-bond donors (Lipinski definition) is 1. The standard InChI is InChI=1S/C20H19ClN4O3S/c1-13-5-6-15(9-16(13)21)25-12-23-24-20(25)29-11-18(26)22-10-14-3-2-4-17-19(14)28-8-7-27-17/h2-6,9,12H,7-8,10-11H2,1H3,(H,22,26). The van der Waals surface area contributed by atoms with Gasteiger partial charge in [0.05, 0.1) is 11.4 Å². The van der Waals surface area contributed by atoms with E-state index < -0.39 is 0 Å². The molecule has 3 aromatic rings. The van der Waals surface area contributed by atoms with Crippen molar-refractivity contribution >= 4 is 29.3 Å². The molecule has 2 aromatic carbocycles. The third-order valence-electron chi connectivity index (χ3n) is 4.41. The number of fused-ring (bicyclic) bond motifs is 1. The van der Waals surface area contributed by atoms with Crippen molar-refractivity contribution in [3.8, 4) is 17.2 Å². The van der Waals surface area contributed by atoms with E-state index in [1.165, 1.54) is 11.8 Å². The molecule has 0 spiro atoms. The van der Waals surface area contributed by atoms with Crippen LogP contribution in [0.3, 0.4) is 0 Å². The Morgan fingerprint density at radius 2 is 2.14 bits per heavy atom. The van der Waals surface area contributed by atoms with Gasteiger partial charge in [0.15, 0.2) is 16.7 Å². The molecular weight excluding hydrogens is 412 g/mol. The molecule has 0 unspecified atom stereocenters. The van der Waals surface area contributed by atoms with Crippen LogP contribution in [0.15, 0.2) is 47.9 Å². The first kappa shape index (κ1) is 19.6. The Morgan fingerprint density at radius 1 is 1.28 bits per heavy atom. The third kappa shape index (κ3) is 4.49. The fourth-order valence-corrected chi connectivity index (χ4v) is 3.81. The molecule has 1 N–H and O–H groups in total. The van der Waals surface area contributed by atoms with Gasteiger partial charge in [-0.25, -0.2) is 0 Å². The molecule has 0 fully saturated rings. The van der Waals surface area contributed by atoms with Crippen molar-refractivity contribution in [1.82, 2.24) is 20.1 Å². The van der Waals surface area contributed by atoms with Crippen molar-refractivity contribution in [1.29, 1.82) is 0 Å². The molecular formula is C20H19ClN4O3S. The molecule has 1 aromatic heterocycles. The molecule has 4 rings (SSSR count). The molecule has 2 heterocycles. The number of aryl methyl sites for hydroxylation is 1. The summed E-state index contributed by atoms with van der Waals surface area (Å²) in [4.78, 5) is 12.3. The Labute approximate surface area is 177 Å². The number of thioether (sulfide) groups is 1. The molecule has 9 heteroatoms. The molecule has 0 saturated heterocycles. The number of aromatic nitrogens is 3. The molecule has 1 aliphatic heterocycles. The highest BCUT2D eigenvalue weighted by Gasteiger charge is 2.16. The van der Waals surface area contributed by atoms with Crippen molar-refractivity contribution in [2.75, 3.05) is 19.0 Å². The second kappa shape index (κ2) is 8.75. The number of halogens is 1. The van der Waals surface area contributed by atoms with Gasteiger partial charge in [0, 0.05) is 17.1 Å². The monoisotopic (exact) mass is 430 g/mol. The van der Waals surface area contributed by atoms with E-state index in [0.717, 1.165) is 16.8 Å². The maximum absolute atomic E-state index is 12.3. The highest BCUT2D eigenvalue weighted by molar-refractivity contribution is 7.99. The summed E-state index contributed by atoms with van der Waals surface area (Å²) in [5.74, 6) is 1.51. The fraction of sp³-hybridized carbons (Fsp3) is 0.250. The van der Waals surface area contributed by atoms with Crippen LogP contribution >= 0.6 is 23.4 Å². The summed E-state index contributed by atoms with van der Waals surface area (Å²) < 4.78 is 13.1. The SMILES string of the molecule is Cc1ccc(-n2cnnc2SCC(=O)NCc2cccc3c2OCCO3)cc1Cl. The van der Waals surface area contributed by atoms with Gasteiger partial charge in [-0.2, -0.15) is 0 Å². The Morgan fingerprint density at radius 3 is 3.00 bits per heavy atom. The summed E-state index contributed by atoms with van der Waals surface area (Å²) in [5, 5.41) is 12.3. The van der Waals surface area contributed by atoms with E-state index in [1.807, 2.05) is 47.9 Å². The number of nitrogens with zero attached hydrogens (tertiary/aromatic N) is 3. The smallest absolute Gasteiger partial charge is 0.230 e. The Hall–Kier alpha value is -2.71. The van der Waals surface area contributed by atoms with E-state index in [1.54, 1.807) is 6.33 Å². The second-order valence-electron chi connectivity index (χ2n) is 6.42. The molecule has 0 aliphatic carbocycles. The maximum Gasteiger partial charge on any atom is 0.230 e. The topological polar surface area (TPSA) is 78.3 Å². The number of hydrogen-bond acceptors (Lipinski definition) is 6. The lowest BCUT2D eigenvalue weighted by Gasteiger charge is -2.21. The lowest BCUT2D eigenvalue weighted by Crippen LogP contribution is -2.26. The molecule has 0 bridgehead atoms. The van der Waals surface area contributed by atoms with Crippen LogP contribution in [0.2, 0.25) is 5.02 Å². The van der Waals surface area contributed by atoms with Gasteiger partial charge in [-0.1, -0.05) is 41.6 Å². The van der Waals surface area contributed by atoms with Crippen LogP contribution in [-0.2, 0) is 11.3 Å². The molecule has 0 radical (unpaired) electrons. The predicted molar refractivity (Wildman–Crippen MR) is 111 cm³/mol. The van der Waals surface area contributed by atoms with Gasteiger partial charge in [0.25, 0.3) is 0 Å². The molecule has 1 amide bonds. The first-order chi connectivity index (χ1) is 14.1. The summed E-state index contributed by atoms with van der Waals surface area (Å²) in [6, 6.07) is 11.4. The number of rotatable bonds is 6. The van der Waals surface area contributed by atoms with Gasteiger partial charge in [0.1, 0.15) is 19.5 Å². The Balaban J connectivity index is 1.36. The number of nitrogens with one attached hydrogen (secondary N) is 1. The fourth-order valence-electron chi connectivity index (χ4n) is 2.88. The lowest BCUT2D eigenvalue weighted by atomic mass is 10.1. The van der Waals surface area contributed by atoms with Crippen LogP contribution in [0.5, 0.6) is 11.5 Å². The van der Waals surface area contributed by atoms with Crippen molar-refractivity contribution < 1.29 is 14.3 Å². The molecule has 0 atom stereocenters. The van der Waals surface area contributed by atoms with Crippen molar-refractivity contribution in [3.05, 3.63) is 58.9 Å². The Kier molecular flexibility index (Phi) is 5.92. The second-order valence-corrected chi connectivity index (χ2v) is 7.77. The molecule has 1 aliphatic rings. The van der Waals surface area contributed by atoms with E-state index in [9.17, 15) is 4.79 Å². The van der Waals surface area contributed by atoms with Gasteiger partial charge in [-0.05, 0) is 30.7 Å². The number of carbonyl (C=O) groups is 1. The number of carbonyl (C=O) groups excluding carboxylic acids is 1. The van der Waals surface area contributed by atoms with Crippen LogP contribution < -0.4 is 14.8 Å². The van der Waals surface area contributed by atoms with Crippen LogP contribution in [0.1, 0.15) is 11.1 Å². The minimum absolute atomic E-state index is 0.110. The minimum atomic E-state index is -0.110. The van der Waals surface area contributed by atoms with E-state index in [-0.39, 0.29) is 11.7 Å². The van der Waals surface area contributed by atoms with Gasteiger partial charge >= 0.3 is 0 Å². The van der Waals surface area contributed by atoms with E-state index in [4.69, 9.17) is 21.1 Å². The normalized spacial score (nSPS) is 12.6. The third-order valence-corrected chi connectivity index (χ3v) is 5.76. The predicted octanol–water partition coefficient (Wildman–Crippen LogP) is 3.41. The molecule has 29 heavy (non-hydrogen) atoms. The quantitative estimate of drug-likeness (QED) is 0.604. The minimum Gasteiger partial charge on any atom is -0.486 e. The summed E-state index contributed by atoms with van der Waals surface area (Å²) in [6.45, 7) is 3.35. The summed E-state index contributed by atoms with van der Waals surface area (Å²) in [5.41, 5.74) is 2.73. The number of amides is 1. The highest BCUT2D eigenvalue weighted by atomic mass is 35.5. The van der Waals surface area contributed by atoms with Crippen molar-refractivity contribution in [3.63, 3.8) is 0 Å². The number of para-hydroxylation sites is 1. The zero-order valence-corrected chi connectivity index (χ0v) is 17.3. The maximum atomic E-state index is 12.3. The van der Waals surface area contributed by atoms with Crippen LogP contribution in [0, 0.1) is 6.92 Å². The summed E-state index contributed by atoms with van der Waals surface area (Å²) in [6.07, 6.45) is 1.61. The number of ether oxygens (including phenoxy) is 2. The number of benzene rings is 2. The first-order valence-corrected chi connectivity index (χ1v) is 10.4. The van der Waals surface area contributed by atoms with Gasteiger partial charge < -0.3 is 14.8 Å². The zero-order valence-electron chi connectivity index (χ0n) is 15.7. The molecule has 150 valence electrons. The van der Waals surface area contributed by atoms with E-state index >= 15 is 0 Å². The molecule has 0 saturated carbocycles. The lowest BCUT2D eigenvalue weighted by molar-refractivity contribution is -0.118. The largest absolute Gasteiger partial charge is 0.486 e. The van der Waals surface area contributed by atoms with Crippen molar-refractivity contribution in [2.45, 2.75) is 18.6 Å². The average molecular weight is 431 g/mol. The highest BCUT2D eigenvalue weighted by Crippen LogP contribution is 2.33. The van der Waals surface area contributed by atoms with Gasteiger partial charge in [0.2, 0.25) is 5.91 Å².